The van der Waals surface area contributed by atoms with E-state index < -0.39 is 12.2 Å². The highest BCUT2D eigenvalue weighted by Gasteiger charge is 2.36. The topological polar surface area (TPSA) is 48.0 Å². The summed E-state index contributed by atoms with van der Waals surface area (Å²) in [5.41, 5.74) is 0.805. The zero-order valence-electron chi connectivity index (χ0n) is 12.8. The van der Waals surface area contributed by atoms with Crippen molar-refractivity contribution in [1.82, 2.24) is 4.90 Å². The van der Waals surface area contributed by atoms with Crippen LogP contribution in [0.3, 0.4) is 0 Å². The van der Waals surface area contributed by atoms with Crippen LogP contribution in [0.15, 0.2) is 24.3 Å². The van der Waals surface area contributed by atoms with Crippen LogP contribution in [0.1, 0.15) is 11.5 Å². The first-order valence-electron chi connectivity index (χ1n) is 6.80. The Kier molecular flexibility index (Phi) is 6.19. The lowest BCUT2D eigenvalue weighted by Crippen LogP contribution is -2.41. The first kappa shape index (κ1) is 17.2. The minimum absolute atomic E-state index is 0.103. The van der Waals surface area contributed by atoms with Gasteiger partial charge in [-0.2, -0.15) is 0 Å². The molecule has 0 aromatic heterocycles. The van der Waals surface area contributed by atoms with E-state index in [1.54, 1.807) is 12.0 Å². The first-order valence-corrected chi connectivity index (χ1v) is 8.19. The normalized spacial score (nSPS) is 16.2. The molecule has 1 aromatic carbocycles. The van der Waals surface area contributed by atoms with E-state index in [0.29, 0.717) is 10.9 Å². The third kappa shape index (κ3) is 3.60. The van der Waals surface area contributed by atoms with E-state index in [4.69, 9.17) is 26.4 Å². The first-order chi connectivity index (χ1) is 10.6. The fourth-order valence-electron chi connectivity index (χ4n) is 2.36. The number of carbonyl (C=O) groups is 1. The number of ether oxygens (including phenoxy) is 3. The molecule has 1 saturated heterocycles. The number of hydrogen-bond donors (Lipinski definition) is 0. The molecule has 1 aliphatic rings. The van der Waals surface area contributed by atoms with Gasteiger partial charge in [0.2, 0.25) is 5.91 Å². The van der Waals surface area contributed by atoms with Crippen LogP contribution in [0.25, 0.3) is 0 Å². The molecular weight excluding hydrogens is 322 g/mol. The zero-order valence-corrected chi connectivity index (χ0v) is 14.4. The fourth-order valence-corrected chi connectivity index (χ4v) is 3.57. The van der Waals surface area contributed by atoms with E-state index in [2.05, 4.69) is 0 Å². The summed E-state index contributed by atoms with van der Waals surface area (Å²) in [5, 5.41) is 0. The molecular formula is C15H19NO4S2. The number of carbonyl (C=O) groups excluding carboxylic acids is 1. The summed E-state index contributed by atoms with van der Waals surface area (Å²) in [5.74, 6) is 0.880. The Bertz CT molecular complexity index is 531. The monoisotopic (exact) mass is 341 g/mol. The van der Waals surface area contributed by atoms with Crippen molar-refractivity contribution in [2.24, 2.45) is 0 Å². The van der Waals surface area contributed by atoms with Gasteiger partial charge in [-0.3, -0.25) is 9.69 Å². The van der Waals surface area contributed by atoms with Crippen LogP contribution in [0.4, 0.5) is 0 Å². The lowest BCUT2D eigenvalue weighted by Gasteiger charge is -2.28. The maximum atomic E-state index is 12.9. The van der Waals surface area contributed by atoms with E-state index in [1.165, 1.54) is 26.0 Å². The second-order valence-corrected chi connectivity index (χ2v) is 6.42. The Balaban J connectivity index is 2.32. The van der Waals surface area contributed by atoms with Gasteiger partial charge in [-0.15, -0.1) is 0 Å². The maximum Gasteiger partial charge on any atom is 0.240 e. The van der Waals surface area contributed by atoms with Crippen LogP contribution in [0, 0.1) is 0 Å². The largest absolute Gasteiger partial charge is 0.497 e. The SMILES string of the molecule is COc1ccc([C@@H](C(=O)N2CCSC2=S)C(OC)OC)cc1. The molecule has 0 N–H and O–H groups in total. The molecule has 1 amide bonds. The number of nitrogens with zero attached hydrogens (tertiary/aromatic N) is 1. The summed E-state index contributed by atoms with van der Waals surface area (Å²) in [7, 11) is 4.65. The molecule has 1 heterocycles. The molecule has 0 spiro atoms. The van der Waals surface area contributed by atoms with Crippen LogP contribution in [-0.4, -0.2) is 55.0 Å². The van der Waals surface area contributed by atoms with Gasteiger partial charge >= 0.3 is 0 Å². The molecule has 0 bridgehead atoms. The van der Waals surface area contributed by atoms with Crippen molar-refractivity contribution in [2.75, 3.05) is 33.6 Å². The molecule has 5 nitrogen and oxygen atoms in total. The van der Waals surface area contributed by atoms with Gasteiger partial charge in [-0.05, 0) is 17.7 Å². The van der Waals surface area contributed by atoms with Crippen molar-refractivity contribution >= 4 is 34.2 Å². The van der Waals surface area contributed by atoms with Crippen molar-refractivity contribution in [1.29, 1.82) is 0 Å². The maximum absolute atomic E-state index is 12.9. The minimum Gasteiger partial charge on any atom is -0.497 e. The van der Waals surface area contributed by atoms with Crippen LogP contribution < -0.4 is 4.74 Å². The van der Waals surface area contributed by atoms with Crippen molar-refractivity contribution in [3.63, 3.8) is 0 Å². The second kappa shape index (κ2) is 7.92. The number of benzene rings is 1. The predicted molar refractivity (Wildman–Crippen MR) is 90.3 cm³/mol. The zero-order chi connectivity index (χ0) is 16.1. The highest BCUT2D eigenvalue weighted by atomic mass is 32.2. The molecule has 1 fully saturated rings. The molecule has 1 atom stereocenters. The van der Waals surface area contributed by atoms with Gasteiger partial charge in [0, 0.05) is 26.5 Å². The van der Waals surface area contributed by atoms with Crippen LogP contribution in [0.2, 0.25) is 0 Å². The molecule has 0 saturated carbocycles. The summed E-state index contributed by atoms with van der Waals surface area (Å²) in [4.78, 5) is 14.5. The number of thiocarbonyl (C=S) groups is 1. The fraction of sp³-hybridized carbons (Fsp3) is 0.467. The summed E-state index contributed by atoms with van der Waals surface area (Å²) in [6.07, 6.45) is -0.672. The summed E-state index contributed by atoms with van der Waals surface area (Å²) in [6.45, 7) is 0.620. The van der Waals surface area contributed by atoms with E-state index in [9.17, 15) is 4.79 Å². The standard InChI is InChI=1S/C15H19NO4S2/c1-18-11-6-4-10(5-7-11)12(14(19-2)20-3)13(17)16-8-9-22-15(16)21/h4-7,12,14H,8-9H2,1-3H3/t12-/m0/s1. The number of hydrogen-bond acceptors (Lipinski definition) is 6. The Hall–Kier alpha value is -1.15. The minimum atomic E-state index is -0.672. The highest BCUT2D eigenvalue weighted by Crippen LogP contribution is 2.30. The predicted octanol–water partition coefficient (Wildman–Crippen LogP) is 2.26. The average Bonchev–Trinajstić information content (AvgIpc) is 2.98. The lowest BCUT2D eigenvalue weighted by atomic mass is 9.96. The van der Waals surface area contributed by atoms with Crippen LogP contribution >= 0.6 is 24.0 Å². The smallest absolute Gasteiger partial charge is 0.240 e. The molecule has 1 aromatic rings. The molecule has 7 heteroatoms. The van der Waals surface area contributed by atoms with Crippen LogP contribution in [-0.2, 0) is 14.3 Å². The van der Waals surface area contributed by atoms with E-state index in [-0.39, 0.29) is 5.91 Å². The molecule has 22 heavy (non-hydrogen) atoms. The van der Waals surface area contributed by atoms with E-state index >= 15 is 0 Å². The third-order valence-corrected chi connectivity index (χ3v) is 4.93. The molecule has 0 radical (unpaired) electrons. The van der Waals surface area contributed by atoms with Crippen molar-refractivity contribution in [2.45, 2.75) is 12.2 Å². The van der Waals surface area contributed by atoms with Gasteiger partial charge in [-0.25, -0.2) is 0 Å². The van der Waals surface area contributed by atoms with Gasteiger partial charge in [-0.1, -0.05) is 36.1 Å². The van der Waals surface area contributed by atoms with Crippen LogP contribution in [0.5, 0.6) is 5.75 Å². The number of thioether (sulfide) groups is 1. The third-order valence-electron chi connectivity index (χ3n) is 3.50. The van der Waals surface area contributed by atoms with Gasteiger partial charge < -0.3 is 14.2 Å². The Morgan fingerprint density at radius 3 is 2.32 bits per heavy atom. The Morgan fingerprint density at radius 1 is 1.23 bits per heavy atom. The lowest BCUT2D eigenvalue weighted by molar-refractivity contribution is -0.151. The Labute approximate surface area is 139 Å². The van der Waals surface area contributed by atoms with Gasteiger partial charge in [0.15, 0.2) is 6.29 Å². The summed E-state index contributed by atoms with van der Waals surface area (Å²) >= 11 is 6.77. The molecule has 0 aliphatic carbocycles. The van der Waals surface area contributed by atoms with Gasteiger partial charge in [0.25, 0.3) is 0 Å². The molecule has 2 rings (SSSR count). The number of rotatable bonds is 6. The van der Waals surface area contributed by atoms with Crippen molar-refractivity contribution in [3.05, 3.63) is 29.8 Å². The van der Waals surface area contributed by atoms with Gasteiger partial charge in [0.1, 0.15) is 16.0 Å². The molecule has 1 aliphatic heterocycles. The average molecular weight is 341 g/mol. The summed E-state index contributed by atoms with van der Waals surface area (Å²) in [6, 6.07) is 7.32. The van der Waals surface area contributed by atoms with Gasteiger partial charge in [0.05, 0.1) is 7.11 Å². The molecule has 120 valence electrons. The highest BCUT2D eigenvalue weighted by molar-refractivity contribution is 8.23. The number of amides is 1. The van der Waals surface area contributed by atoms with E-state index in [1.807, 2.05) is 24.3 Å². The molecule has 0 unspecified atom stereocenters. The Morgan fingerprint density at radius 2 is 1.86 bits per heavy atom. The van der Waals surface area contributed by atoms with E-state index in [0.717, 1.165) is 17.1 Å². The number of methoxy groups -OCH3 is 3. The van der Waals surface area contributed by atoms with Crippen molar-refractivity contribution < 1.29 is 19.0 Å². The quantitative estimate of drug-likeness (QED) is 0.584. The van der Waals surface area contributed by atoms with Crippen molar-refractivity contribution in [3.8, 4) is 5.75 Å². The summed E-state index contributed by atoms with van der Waals surface area (Å²) < 4.78 is 16.4. The second-order valence-electron chi connectivity index (χ2n) is 4.69.